The quantitative estimate of drug-likeness (QED) is 0.756. The maximum absolute atomic E-state index is 12.9. The molecule has 0 fully saturated rings. The molecule has 3 aromatic rings. The summed E-state index contributed by atoms with van der Waals surface area (Å²) >= 11 is 3.44. The highest BCUT2D eigenvalue weighted by atomic mass is 79.9. The van der Waals surface area contributed by atoms with Gasteiger partial charge in [-0.25, -0.2) is 14.4 Å². The second-order valence-corrected chi connectivity index (χ2v) is 6.03. The number of anilines is 1. The third-order valence-corrected chi connectivity index (χ3v) is 3.90. The van der Waals surface area contributed by atoms with Crippen LogP contribution in [0, 0.1) is 12.7 Å². The molecule has 0 aromatic carbocycles. The number of aryl methyl sites for hydroxylation is 2. The minimum atomic E-state index is -0.452. The summed E-state index contributed by atoms with van der Waals surface area (Å²) < 4.78 is 15.5. The first-order chi connectivity index (χ1) is 11.0. The molecular formula is C16H14BrFN4O. The van der Waals surface area contributed by atoms with Crippen LogP contribution in [-0.2, 0) is 6.42 Å². The highest BCUT2D eigenvalue weighted by Crippen LogP contribution is 2.22. The van der Waals surface area contributed by atoms with Crippen molar-refractivity contribution in [2.75, 3.05) is 5.32 Å². The number of hydrogen-bond donors (Lipinski definition) is 1. The standard InChI is InChI=1S/C16H14BrFN4O/c1-3-12-14(16(23)21-13-5-4-11(18)7-19-13)22-8-10(17)6-9(2)15(22)20-12/h4-8H,3H2,1-2H3,(H,19,21,23). The zero-order valence-electron chi connectivity index (χ0n) is 12.6. The van der Waals surface area contributed by atoms with Crippen molar-refractivity contribution in [2.24, 2.45) is 0 Å². The lowest BCUT2D eigenvalue weighted by Gasteiger charge is -2.07. The van der Waals surface area contributed by atoms with Crippen LogP contribution in [0.1, 0.15) is 28.7 Å². The molecule has 5 nitrogen and oxygen atoms in total. The Bertz CT molecular complexity index is 889. The molecule has 3 heterocycles. The van der Waals surface area contributed by atoms with Gasteiger partial charge in [0.2, 0.25) is 0 Å². The Morgan fingerprint density at radius 3 is 2.87 bits per heavy atom. The molecule has 3 rings (SSSR count). The van der Waals surface area contributed by atoms with Crippen molar-refractivity contribution in [3.8, 4) is 0 Å². The molecule has 0 aliphatic carbocycles. The predicted octanol–water partition coefficient (Wildman–Crippen LogP) is 3.75. The zero-order chi connectivity index (χ0) is 16.6. The molecule has 1 N–H and O–H groups in total. The van der Waals surface area contributed by atoms with Gasteiger partial charge in [-0.15, -0.1) is 0 Å². The van der Waals surface area contributed by atoms with Crippen LogP contribution in [0.3, 0.4) is 0 Å². The first-order valence-electron chi connectivity index (χ1n) is 7.09. The number of amides is 1. The number of imidazole rings is 1. The van der Waals surface area contributed by atoms with E-state index in [9.17, 15) is 9.18 Å². The van der Waals surface area contributed by atoms with Gasteiger partial charge in [-0.2, -0.15) is 0 Å². The van der Waals surface area contributed by atoms with Crippen LogP contribution in [-0.4, -0.2) is 20.3 Å². The lowest BCUT2D eigenvalue weighted by molar-refractivity contribution is 0.102. The van der Waals surface area contributed by atoms with Gasteiger partial charge >= 0.3 is 0 Å². The van der Waals surface area contributed by atoms with Crippen molar-refractivity contribution in [3.63, 3.8) is 0 Å². The molecule has 0 atom stereocenters. The molecule has 3 aromatic heterocycles. The van der Waals surface area contributed by atoms with E-state index in [1.165, 1.54) is 12.1 Å². The Hall–Kier alpha value is -2.28. The lowest BCUT2D eigenvalue weighted by atomic mass is 10.2. The van der Waals surface area contributed by atoms with Crippen LogP contribution in [0.2, 0.25) is 0 Å². The summed E-state index contributed by atoms with van der Waals surface area (Å²) in [6.45, 7) is 3.88. The van der Waals surface area contributed by atoms with Crippen LogP contribution in [0.5, 0.6) is 0 Å². The van der Waals surface area contributed by atoms with E-state index in [-0.39, 0.29) is 5.91 Å². The van der Waals surface area contributed by atoms with E-state index in [4.69, 9.17) is 0 Å². The second-order valence-electron chi connectivity index (χ2n) is 5.11. The van der Waals surface area contributed by atoms with E-state index in [1.54, 1.807) is 4.40 Å². The number of nitrogens with one attached hydrogen (secondary N) is 1. The van der Waals surface area contributed by atoms with Crippen molar-refractivity contribution < 1.29 is 9.18 Å². The first kappa shape index (κ1) is 15.6. The molecule has 0 aliphatic heterocycles. The fourth-order valence-electron chi connectivity index (χ4n) is 2.43. The normalized spacial score (nSPS) is 11.0. The van der Waals surface area contributed by atoms with E-state index in [0.29, 0.717) is 23.6 Å². The maximum Gasteiger partial charge on any atom is 0.275 e. The molecule has 0 saturated carbocycles. The monoisotopic (exact) mass is 376 g/mol. The summed E-state index contributed by atoms with van der Waals surface area (Å²) in [7, 11) is 0. The van der Waals surface area contributed by atoms with Gasteiger partial charge in [0, 0.05) is 10.7 Å². The molecule has 0 spiro atoms. The SMILES string of the molecule is CCc1nc2c(C)cc(Br)cn2c1C(=O)Nc1ccc(F)cn1. The molecule has 7 heteroatoms. The van der Waals surface area contributed by atoms with E-state index >= 15 is 0 Å². The van der Waals surface area contributed by atoms with E-state index in [0.717, 1.165) is 21.9 Å². The summed E-state index contributed by atoms with van der Waals surface area (Å²) in [4.78, 5) is 21.1. The van der Waals surface area contributed by atoms with Crippen molar-refractivity contribution in [1.82, 2.24) is 14.4 Å². The minimum absolute atomic E-state index is 0.292. The third-order valence-electron chi connectivity index (χ3n) is 3.46. The average molecular weight is 377 g/mol. The Balaban J connectivity index is 2.07. The summed E-state index contributed by atoms with van der Waals surface area (Å²) in [5.41, 5.74) is 2.86. The van der Waals surface area contributed by atoms with Gasteiger partial charge in [0.1, 0.15) is 23.0 Å². The van der Waals surface area contributed by atoms with Crippen LogP contribution < -0.4 is 5.32 Å². The Kier molecular flexibility index (Phi) is 4.12. The topological polar surface area (TPSA) is 59.3 Å². The van der Waals surface area contributed by atoms with E-state index < -0.39 is 5.82 Å². The van der Waals surface area contributed by atoms with Crippen molar-refractivity contribution in [3.05, 3.63) is 57.8 Å². The summed E-state index contributed by atoms with van der Waals surface area (Å²) in [6.07, 6.45) is 3.49. The molecule has 0 aliphatic rings. The molecule has 0 radical (unpaired) electrons. The first-order valence-corrected chi connectivity index (χ1v) is 7.89. The van der Waals surface area contributed by atoms with Gasteiger partial charge in [-0.1, -0.05) is 6.92 Å². The van der Waals surface area contributed by atoms with Gasteiger partial charge < -0.3 is 5.32 Å². The fraction of sp³-hybridized carbons (Fsp3) is 0.188. The Labute approximate surface area is 140 Å². The summed E-state index contributed by atoms with van der Waals surface area (Å²) in [5.74, 6) is -0.488. The second kappa shape index (κ2) is 6.08. The number of pyridine rings is 2. The lowest BCUT2D eigenvalue weighted by Crippen LogP contribution is -2.17. The Morgan fingerprint density at radius 1 is 1.43 bits per heavy atom. The van der Waals surface area contributed by atoms with Crippen LogP contribution >= 0.6 is 15.9 Å². The number of nitrogens with zero attached hydrogens (tertiary/aromatic N) is 3. The molecule has 118 valence electrons. The summed E-state index contributed by atoms with van der Waals surface area (Å²) in [5, 5.41) is 2.68. The number of aromatic nitrogens is 3. The summed E-state index contributed by atoms with van der Waals surface area (Å²) in [6, 6.07) is 4.62. The highest BCUT2D eigenvalue weighted by Gasteiger charge is 2.20. The molecule has 0 unspecified atom stereocenters. The maximum atomic E-state index is 12.9. The van der Waals surface area contributed by atoms with Crippen LogP contribution in [0.4, 0.5) is 10.2 Å². The van der Waals surface area contributed by atoms with Gasteiger partial charge in [0.25, 0.3) is 5.91 Å². The molecule has 23 heavy (non-hydrogen) atoms. The van der Waals surface area contributed by atoms with Crippen molar-refractivity contribution in [1.29, 1.82) is 0 Å². The fourth-order valence-corrected chi connectivity index (χ4v) is 2.98. The highest BCUT2D eigenvalue weighted by molar-refractivity contribution is 9.10. The number of halogens is 2. The van der Waals surface area contributed by atoms with Gasteiger partial charge in [0.15, 0.2) is 0 Å². The number of carbonyl (C=O) groups is 1. The van der Waals surface area contributed by atoms with Gasteiger partial charge in [-0.05, 0) is 53.0 Å². The smallest absolute Gasteiger partial charge is 0.275 e. The van der Waals surface area contributed by atoms with Crippen LogP contribution in [0.15, 0.2) is 35.1 Å². The number of fused-ring (bicyclic) bond motifs is 1. The zero-order valence-corrected chi connectivity index (χ0v) is 14.2. The average Bonchev–Trinajstić information content (AvgIpc) is 2.88. The van der Waals surface area contributed by atoms with Crippen molar-refractivity contribution in [2.45, 2.75) is 20.3 Å². The van der Waals surface area contributed by atoms with Crippen molar-refractivity contribution >= 4 is 33.3 Å². The predicted molar refractivity (Wildman–Crippen MR) is 89.2 cm³/mol. The largest absolute Gasteiger partial charge is 0.305 e. The van der Waals surface area contributed by atoms with Crippen LogP contribution in [0.25, 0.3) is 5.65 Å². The Morgan fingerprint density at radius 2 is 2.22 bits per heavy atom. The van der Waals surface area contributed by atoms with E-state index in [1.807, 2.05) is 26.1 Å². The van der Waals surface area contributed by atoms with Gasteiger partial charge in [0.05, 0.1) is 11.9 Å². The van der Waals surface area contributed by atoms with E-state index in [2.05, 4.69) is 31.2 Å². The minimum Gasteiger partial charge on any atom is -0.305 e. The molecule has 0 saturated heterocycles. The third kappa shape index (κ3) is 2.96. The number of rotatable bonds is 3. The molecular weight excluding hydrogens is 363 g/mol. The number of carbonyl (C=O) groups excluding carboxylic acids is 1. The number of hydrogen-bond acceptors (Lipinski definition) is 3. The molecule has 0 bridgehead atoms. The van der Waals surface area contributed by atoms with Gasteiger partial charge in [-0.3, -0.25) is 9.20 Å². The molecule has 1 amide bonds.